The molecule has 0 atom stereocenters. The fourth-order valence-corrected chi connectivity index (χ4v) is 1.53. The second-order valence-corrected chi connectivity index (χ2v) is 5.45. The van der Waals surface area contributed by atoms with Crippen LogP contribution in [0.4, 0.5) is 17.1 Å². The zero-order valence-electron chi connectivity index (χ0n) is 12.2. The molecule has 0 amide bonds. The SMILES string of the molecule is C[N+](C)(C)CCOc1c([N+](=O)[O-])cc([N+](=O)[O-])cc1[N+](=O)[O-]. The summed E-state index contributed by atoms with van der Waals surface area (Å²) in [7, 11) is 5.55. The van der Waals surface area contributed by atoms with Gasteiger partial charge in [0, 0.05) is 0 Å². The predicted molar refractivity (Wildman–Crippen MR) is 74.8 cm³/mol. The first kappa shape index (κ1) is 17.2. The normalized spacial score (nSPS) is 11.0. The van der Waals surface area contributed by atoms with Crippen molar-refractivity contribution in [2.24, 2.45) is 0 Å². The number of quaternary nitrogens is 1. The van der Waals surface area contributed by atoms with Crippen molar-refractivity contribution in [2.75, 3.05) is 34.3 Å². The van der Waals surface area contributed by atoms with E-state index < -0.39 is 37.6 Å². The van der Waals surface area contributed by atoms with Gasteiger partial charge in [-0.2, -0.15) is 0 Å². The second kappa shape index (κ2) is 6.30. The summed E-state index contributed by atoms with van der Waals surface area (Å²) in [5.41, 5.74) is -2.35. The monoisotopic (exact) mass is 315 g/mol. The lowest BCUT2D eigenvalue weighted by molar-refractivity contribution is -0.870. The lowest BCUT2D eigenvalue weighted by atomic mass is 10.2. The van der Waals surface area contributed by atoms with E-state index in [1.165, 1.54) is 0 Å². The van der Waals surface area contributed by atoms with Crippen molar-refractivity contribution < 1.29 is 24.0 Å². The lowest BCUT2D eigenvalue weighted by Gasteiger charge is -2.23. The highest BCUT2D eigenvalue weighted by Crippen LogP contribution is 2.40. The number of nitro groups is 3. The van der Waals surface area contributed by atoms with E-state index in [1.54, 1.807) is 0 Å². The molecular weight excluding hydrogens is 300 g/mol. The van der Waals surface area contributed by atoms with Crippen LogP contribution in [-0.2, 0) is 0 Å². The first-order chi connectivity index (χ1) is 10.0. The zero-order valence-corrected chi connectivity index (χ0v) is 12.2. The molecule has 0 aliphatic carbocycles. The number of hydrogen-bond acceptors (Lipinski definition) is 7. The number of nitrogens with zero attached hydrogens (tertiary/aromatic N) is 4. The molecule has 0 N–H and O–H groups in total. The quantitative estimate of drug-likeness (QED) is 0.422. The molecule has 0 unspecified atom stereocenters. The summed E-state index contributed by atoms with van der Waals surface area (Å²) in [5.74, 6) is -0.575. The van der Waals surface area contributed by atoms with Gasteiger partial charge in [0.2, 0.25) is 0 Å². The summed E-state index contributed by atoms with van der Waals surface area (Å²) in [5, 5.41) is 32.7. The summed E-state index contributed by atoms with van der Waals surface area (Å²) in [4.78, 5) is 29.9. The Labute approximate surface area is 124 Å². The van der Waals surface area contributed by atoms with Crippen LogP contribution in [0.25, 0.3) is 0 Å². The van der Waals surface area contributed by atoms with Crippen LogP contribution in [0.3, 0.4) is 0 Å². The summed E-state index contributed by atoms with van der Waals surface area (Å²) in [6.45, 7) is 0.425. The average Bonchev–Trinajstić information content (AvgIpc) is 2.36. The van der Waals surface area contributed by atoms with Gasteiger partial charge in [0.1, 0.15) is 13.2 Å². The van der Waals surface area contributed by atoms with Crippen LogP contribution in [0.5, 0.6) is 5.75 Å². The molecule has 11 heteroatoms. The highest BCUT2D eigenvalue weighted by Gasteiger charge is 2.32. The zero-order chi connectivity index (χ0) is 17.1. The average molecular weight is 315 g/mol. The highest BCUT2D eigenvalue weighted by atomic mass is 16.6. The van der Waals surface area contributed by atoms with Crippen LogP contribution >= 0.6 is 0 Å². The Morgan fingerprint density at radius 1 is 0.955 bits per heavy atom. The van der Waals surface area contributed by atoms with E-state index in [2.05, 4.69) is 0 Å². The van der Waals surface area contributed by atoms with Crippen LogP contribution in [0.15, 0.2) is 12.1 Å². The minimum Gasteiger partial charge on any atom is -0.476 e. The van der Waals surface area contributed by atoms with Crippen LogP contribution < -0.4 is 4.74 Å². The summed E-state index contributed by atoms with van der Waals surface area (Å²) in [6, 6.07) is 1.29. The molecule has 0 spiro atoms. The highest BCUT2D eigenvalue weighted by molar-refractivity contribution is 5.65. The maximum Gasteiger partial charge on any atom is 0.325 e. The molecule has 22 heavy (non-hydrogen) atoms. The van der Waals surface area contributed by atoms with Gasteiger partial charge < -0.3 is 9.22 Å². The number of benzene rings is 1. The van der Waals surface area contributed by atoms with Crippen molar-refractivity contribution in [1.82, 2.24) is 0 Å². The van der Waals surface area contributed by atoms with Gasteiger partial charge in [-0.3, -0.25) is 30.3 Å². The van der Waals surface area contributed by atoms with Crippen molar-refractivity contribution in [2.45, 2.75) is 0 Å². The van der Waals surface area contributed by atoms with Gasteiger partial charge in [0.25, 0.3) is 11.4 Å². The van der Waals surface area contributed by atoms with Gasteiger partial charge >= 0.3 is 11.4 Å². The predicted octanol–water partition coefficient (Wildman–Crippen LogP) is 1.50. The number of nitro benzene ring substituents is 3. The summed E-state index contributed by atoms with van der Waals surface area (Å²) < 4.78 is 5.66. The molecule has 120 valence electrons. The third kappa shape index (κ3) is 4.34. The Morgan fingerprint density at radius 3 is 1.73 bits per heavy atom. The molecule has 0 fully saturated rings. The molecular formula is C11H15N4O7+. The van der Waals surface area contributed by atoms with Crippen molar-refractivity contribution in [3.05, 3.63) is 42.5 Å². The maximum absolute atomic E-state index is 11.0. The maximum atomic E-state index is 11.0. The third-order valence-electron chi connectivity index (χ3n) is 2.65. The molecule has 1 aromatic carbocycles. The van der Waals surface area contributed by atoms with Gasteiger partial charge in [-0.25, -0.2) is 0 Å². The Balaban J connectivity index is 3.30. The van der Waals surface area contributed by atoms with Gasteiger partial charge in [0.15, 0.2) is 0 Å². The molecule has 1 rings (SSSR count). The Bertz CT molecular complexity index is 588. The van der Waals surface area contributed by atoms with Crippen molar-refractivity contribution in [3.63, 3.8) is 0 Å². The molecule has 0 saturated carbocycles. The van der Waals surface area contributed by atoms with Gasteiger partial charge in [-0.15, -0.1) is 0 Å². The molecule has 0 aromatic heterocycles. The summed E-state index contributed by atoms with van der Waals surface area (Å²) >= 11 is 0. The number of ether oxygens (including phenoxy) is 1. The van der Waals surface area contributed by atoms with E-state index in [-0.39, 0.29) is 6.61 Å². The summed E-state index contributed by atoms with van der Waals surface area (Å²) in [6.07, 6.45) is 0. The Kier molecular flexibility index (Phi) is 4.94. The van der Waals surface area contributed by atoms with Gasteiger partial charge in [-0.1, -0.05) is 0 Å². The topological polar surface area (TPSA) is 139 Å². The molecule has 0 saturated heterocycles. The van der Waals surface area contributed by atoms with E-state index in [0.29, 0.717) is 23.2 Å². The van der Waals surface area contributed by atoms with Crippen molar-refractivity contribution in [3.8, 4) is 5.75 Å². The third-order valence-corrected chi connectivity index (χ3v) is 2.65. The molecule has 0 aliphatic heterocycles. The Hall–Kier alpha value is -2.82. The molecule has 11 nitrogen and oxygen atoms in total. The minimum absolute atomic E-state index is 0.0109. The number of hydrogen-bond donors (Lipinski definition) is 0. The standard InChI is InChI=1S/C11H15N4O7/c1-15(2,3)4-5-22-11-9(13(18)19)6-8(12(16)17)7-10(11)14(20)21/h6-7H,4-5H2,1-3H3/q+1. The smallest absolute Gasteiger partial charge is 0.325 e. The molecule has 0 aliphatic rings. The van der Waals surface area contributed by atoms with Gasteiger partial charge in [-0.05, 0) is 0 Å². The number of likely N-dealkylation sites (N-methyl/N-ethyl adjacent to an activating group) is 1. The van der Waals surface area contributed by atoms with E-state index in [4.69, 9.17) is 4.74 Å². The minimum atomic E-state index is -0.943. The van der Waals surface area contributed by atoms with Crippen LogP contribution in [0.2, 0.25) is 0 Å². The van der Waals surface area contributed by atoms with Crippen LogP contribution in [0.1, 0.15) is 0 Å². The van der Waals surface area contributed by atoms with Gasteiger partial charge in [0.05, 0.1) is 48.0 Å². The van der Waals surface area contributed by atoms with E-state index >= 15 is 0 Å². The molecule has 0 radical (unpaired) electrons. The fourth-order valence-electron chi connectivity index (χ4n) is 1.53. The lowest BCUT2D eigenvalue weighted by Crippen LogP contribution is -2.38. The number of non-ortho nitro benzene ring substituents is 1. The first-order valence-electron chi connectivity index (χ1n) is 6.07. The molecule has 1 aromatic rings. The largest absolute Gasteiger partial charge is 0.476 e. The van der Waals surface area contributed by atoms with Crippen LogP contribution in [0, 0.1) is 30.3 Å². The van der Waals surface area contributed by atoms with E-state index in [9.17, 15) is 30.3 Å². The first-order valence-corrected chi connectivity index (χ1v) is 6.07. The number of rotatable bonds is 7. The fraction of sp³-hybridized carbons (Fsp3) is 0.455. The molecule has 0 heterocycles. The van der Waals surface area contributed by atoms with E-state index in [0.717, 1.165) is 0 Å². The van der Waals surface area contributed by atoms with E-state index in [1.807, 2.05) is 21.1 Å². The Morgan fingerprint density at radius 2 is 1.41 bits per heavy atom. The van der Waals surface area contributed by atoms with Crippen LogP contribution in [-0.4, -0.2) is 53.5 Å². The van der Waals surface area contributed by atoms with Crippen molar-refractivity contribution in [1.29, 1.82) is 0 Å². The second-order valence-electron chi connectivity index (χ2n) is 5.45. The van der Waals surface area contributed by atoms with Crippen molar-refractivity contribution >= 4 is 17.1 Å². The molecule has 0 bridgehead atoms.